The first-order chi connectivity index (χ1) is 7.22. The average molecular weight is 213 g/mol. The van der Waals surface area contributed by atoms with Gasteiger partial charge in [0.2, 0.25) is 5.91 Å². The SMILES string of the molecule is CC1CCCC(NC(=O)CCCO)CC1. The van der Waals surface area contributed by atoms with Crippen molar-refractivity contribution in [1.82, 2.24) is 5.32 Å². The van der Waals surface area contributed by atoms with Crippen LogP contribution in [0.3, 0.4) is 0 Å². The number of amides is 1. The van der Waals surface area contributed by atoms with Crippen LogP contribution in [0.5, 0.6) is 0 Å². The standard InChI is InChI=1S/C12H23NO2/c1-10-4-2-5-11(8-7-10)13-12(15)6-3-9-14/h10-11,14H,2-9H2,1H3,(H,13,15). The molecule has 0 bridgehead atoms. The van der Waals surface area contributed by atoms with E-state index < -0.39 is 0 Å². The predicted molar refractivity (Wildman–Crippen MR) is 60.5 cm³/mol. The second-order valence-electron chi connectivity index (χ2n) is 4.71. The molecule has 0 saturated heterocycles. The van der Waals surface area contributed by atoms with Gasteiger partial charge in [0.15, 0.2) is 0 Å². The highest BCUT2D eigenvalue weighted by Gasteiger charge is 2.17. The van der Waals surface area contributed by atoms with E-state index in [0.717, 1.165) is 18.8 Å². The Morgan fingerprint density at radius 2 is 2.13 bits per heavy atom. The summed E-state index contributed by atoms with van der Waals surface area (Å²) in [4.78, 5) is 11.4. The van der Waals surface area contributed by atoms with Crippen LogP contribution in [-0.2, 0) is 4.79 Å². The van der Waals surface area contributed by atoms with Crippen LogP contribution in [0, 0.1) is 5.92 Å². The van der Waals surface area contributed by atoms with Crippen molar-refractivity contribution in [3.05, 3.63) is 0 Å². The molecule has 0 aromatic carbocycles. The van der Waals surface area contributed by atoms with Crippen molar-refractivity contribution < 1.29 is 9.90 Å². The zero-order valence-corrected chi connectivity index (χ0v) is 9.67. The van der Waals surface area contributed by atoms with E-state index in [4.69, 9.17) is 5.11 Å². The second kappa shape index (κ2) is 6.83. The van der Waals surface area contributed by atoms with Crippen LogP contribution >= 0.6 is 0 Å². The number of rotatable bonds is 4. The number of carbonyl (C=O) groups excluding carboxylic acids is 1. The molecule has 0 aromatic rings. The van der Waals surface area contributed by atoms with E-state index in [1.807, 2.05) is 0 Å². The highest BCUT2D eigenvalue weighted by molar-refractivity contribution is 5.76. The van der Waals surface area contributed by atoms with Gasteiger partial charge in [0, 0.05) is 19.1 Å². The Morgan fingerprint density at radius 3 is 2.87 bits per heavy atom. The van der Waals surface area contributed by atoms with Gasteiger partial charge in [-0.05, 0) is 31.6 Å². The summed E-state index contributed by atoms with van der Waals surface area (Å²) in [5.74, 6) is 0.910. The Hall–Kier alpha value is -0.570. The van der Waals surface area contributed by atoms with E-state index in [-0.39, 0.29) is 12.5 Å². The molecule has 88 valence electrons. The van der Waals surface area contributed by atoms with E-state index in [0.29, 0.717) is 18.9 Å². The van der Waals surface area contributed by atoms with Crippen molar-refractivity contribution in [2.24, 2.45) is 5.92 Å². The van der Waals surface area contributed by atoms with E-state index >= 15 is 0 Å². The molecule has 0 spiro atoms. The highest BCUT2D eigenvalue weighted by Crippen LogP contribution is 2.22. The van der Waals surface area contributed by atoms with Gasteiger partial charge in [0.1, 0.15) is 0 Å². The second-order valence-corrected chi connectivity index (χ2v) is 4.71. The maximum absolute atomic E-state index is 11.4. The third kappa shape index (κ3) is 5.17. The van der Waals surface area contributed by atoms with E-state index in [1.54, 1.807) is 0 Å². The Kier molecular flexibility index (Phi) is 5.69. The Labute approximate surface area is 92.3 Å². The maximum atomic E-state index is 11.4. The largest absolute Gasteiger partial charge is 0.396 e. The van der Waals surface area contributed by atoms with Gasteiger partial charge in [-0.1, -0.05) is 19.8 Å². The first kappa shape index (κ1) is 12.5. The van der Waals surface area contributed by atoms with Crippen molar-refractivity contribution in [2.75, 3.05) is 6.61 Å². The number of carbonyl (C=O) groups is 1. The fourth-order valence-corrected chi connectivity index (χ4v) is 2.17. The lowest BCUT2D eigenvalue weighted by Crippen LogP contribution is -2.34. The van der Waals surface area contributed by atoms with Gasteiger partial charge in [0.05, 0.1) is 0 Å². The molecule has 3 heteroatoms. The third-order valence-corrected chi connectivity index (χ3v) is 3.18. The molecule has 1 fully saturated rings. The average Bonchev–Trinajstić information content (AvgIpc) is 2.41. The monoisotopic (exact) mass is 213 g/mol. The molecular weight excluding hydrogens is 190 g/mol. The van der Waals surface area contributed by atoms with E-state index in [1.165, 1.54) is 19.3 Å². The van der Waals surface area contributed by atoms with Crippen LogP contribution in [0.25, 0.3) is 0 Å². The summed E-state index contributed by atoms with van der Waals surface area (Å²) in [5, 5.41) is 11.7. The normalized spacial score (nSPS) is 27.1. The molecule has 1 saturated carbocycles. The molecule has 2 atom stereocenters. The van der Waals surface area contributed by atoms with Crippen LogP contribution in [0.1, 0.15) is 51.9 Å². The molecule has 2 unspecified atom stereocenters. The zero-order chi connectivity index (χ0) is 11.1. The van der Waals surface area contributed by atoms with Crippen LogP contribution < -0.4 is 5.32 Å². The zero-order valence-electron chi connectivity index (χ0n) is 9.67. The summed E-state index contributed by atoms with van der Waals surface area (Å²) >= 11 is 0. The van der Waals surface area contributed by atoms with E-state index in [2.05, 4.69) is 12.2 Å². The summed E-state index contributed by atoms with van der Waals surface area (Å²) < 4.78 is 0. The number of nitrogens with one attached hydrogen (secondary N) is 1. The van der Waals surface area contributed by atoms with Crippen LogP contribution in [0.4, 0.5) is 0 Å². The Morgan fingerprint density at radius 1 is 1.33 bits per heavy atom. The van der Waals surface area contributed by atoms with Crippen LogP contribution in [0.15, 0.2) is 0 Å². The van der Waals surface area contributed by atoms with Crippen molar-refractivity contribution in [2.45, 2.75) is 57.9 Å². The molecular formula is C12H23NO2. The minimum Gasteiger partial charge on any atom is -0.396 e. The van der Waals surface area contributed by atoms with Gasteiger partial charge < -0.3 is 10.4 Å². The smallest absolute Gasteiger partial charge is 0.220 e. The third-order valence-electron chi connectivity index (χ3n) is 3.18. The van der Waals surface area contributed by atoms with Crippen molar-refractivity contribution in [1.29, 1.82) is 0 Å². The van der Waals surface area contributed by atoms with Gasteiger partial charge in [-0.2, -0.15) is 0 Å². The number of aliphatic hydroxyl groups is 1. The van der Waals surface area contributed by atoms with Gasteiger partial charge in [-0.15, -0.1) is 0 Å². The minimum absolute atomic E-state index is 0.101. The van der Waals surface area contributed by atoms with Crippen molar-refractivity contribution >= 4 is 5.91 Å². The molecule has 15 heavy (non-hydrogen) atoms. The molecule has 0 aliphatic heterocycles. The lowest BCUT2D eigenvalue weighted by Gasteiger charge is -2.16. The summed E-state index contributed by atoms with van der Waals surface area (Å²) in [7, 11) is 0. The minimum atomic E-state index is 0.101. The molecule has 1 rings (SSSR count). The first-order valence-electron chi connectivity index (χ1n) is 6.12. The van der Waals surface area contributed by atoms with Crippen LogP contribution in [0.2, 0.25) is 0 Å². The van der Waals surface area contributed by atoms with Gasteiger partial charge in [-0.3, -0.25) is 4.79 Å². The Balaban J connectivity index is 2.22. The fraction of sp³-hybridized carbons (Fsp3) is 0.917. The van der Waals surface area contributed by atoms with Gasteiger partial charge >= 0.3 is 0 Å². The maximum Gasteiger partial charge on any atom is 0.220 e. The van der Waals surface area contributed by atoms with Crippen molar-refractivity contribution in [3.8, 4) is 0 Å². The molecule has 2 N–H and O–H groups in total. The number of aliphatic hydroxyl groups excluding tert-OH is 1. The molecule has 1 aliphatic rings. The summed E-state index contributed by atoms with van der Waals surface area (Å²) in [5.41, 5.74) is 0. The topological polar surface area (TPSA) is 49.3 Å². The van der Waals surface area contributed by atoms with Crippen LogP contribution in [-0.4, -0.2) is 23.7 Å². The predicted octanol–water partition coefficient (Wildman–Crippen LogP) is 1.84. The lowest BCUT2D eigenvalue weighted by atomic mass is 10.0. The molecule has 1 amide bonds. The molecule has 0 aromatic heterocycles. The molecule has 1 aliphatic carbocycles. The first-order valence-corrected chi connectivity index (χ1v) is 6.12. The summed E-state index contributed by atoms with van der Waals surface area (Å²) in [6.07, 6.45) is 7.03. The van der Waals surface area contributed by atoms with E-state index in [9.17, 15) is 4.79 Å². The molecule has 3 nitrogen and oxygen atoms in total. The quantitative estimate of drug-likeness (QED) is 0.700. The van der Waals surface area contributed by atoms with Gasteiger partial charge in [-0.25, -0.2) is 0 Å². The number of hydrogen-bond donors (Lipinski definition) is 2. The molecule has 0 radical (unpaired) electrons. The molecule has 0 heterocycles. The summed E-state index contributed by atoms with van der Waals surface area (Å²) in [6.45, 7) is 2.39. The Bertz CT molecular complexity index is 194. The van der Waals surface area contributed by atoms with Crippen molar-refractivity contribution in [3.63, 3.8) is 0 Å². The van der Waals surface area contributed by atoms with Gasteiger partial charge in [0.25, 0.3) is 0 Å². The highest BCUT2D eigenvalue weighted by atomic mass is 16.3. The number of hydrogen-bond acceptors (Lipinski definition) is 2. The fourth-order valence-electron chi connectivity index (χ4n) is 2.17. The lowest BCUT2D eigenvalue weighted by molar-refractivity contribution is -0.122. The summed E-state index contributed by atoms with van der Waals surface area (Å²) in [6, 6.07) is 0.376.